The average molecular weight is 216 g/mol. The largest absolute Gasteiger partial charge is 0.122 e. The van der Waals surface area contributed by atoms with E-state index < -0.39 is 0 Å². The molecule has 1 heteroatoms. The minimum absolute atomic E-state index is 0.835. The van der Waals surface area contributed by atoms with Gasteiger partial charge >= 0.3 is 0 Å². The van der Waals surface area contributed by atoms with E-state index in [1.54, 1.807) is 0 Å². The van der Waals surface area contributed by atoms with Gasteiger partial charge in [0.15, 0.2) is 0 Å². The number of fused-ring (bicyclic) bond motifs is 2. The van der Waals surface area contributed by atoms with E-state index >= 15 is 0 Å². The summed E-state index contributed by atoms with van der Waals surface area (Å²) in [5.41, 5.74) is 1.37. The van der Waals surface area contributed by atoms with Crippen LogP contribution in [0.1, 0.15) is 18.4 Å². The van der Waals surface area contributed by atoms with Crippen molar-refractivity contribution >= 4 is 11.8 Å². The molecule has 0 N–H and O–H groups in total. The Bertz CT molecular complexity index is 394. The fourth-order valence-corrected chi connectivity index (χ4v) is 4.21. The molecular weight excluding hydrogens is 200 g/mol. The Morgan fingerprint density at radius 2 is 2.13 bits per heavy atom. The van der Waals surface area contributed by atoms with E-state index in [1.807, 2.05) is 0 Å². The van der Waals surface area contributed by atoms with Gasteiger partial charge in [-0.2, -0.15) is 0 Å². The fourth-order valence-electron chi connectivity index (χ4n) is 2.73. The fraction of sp³-hybridized carbons (Fsp3) is 0.429. The molecule has 3 rings (SSSR count). The molecular formula is C14H16S. The monoisotopic (exact) mass is 216 g/mol. The van der Waals surface area contributed by atoms with Gasteiger partial charge in [-0.15, -0.1) is 11.8 Å². The van der Waals surface area contributed by atoms with Gasteiger partial charge in [-0.25, -0.2) is 0 Å². The summed E-state index contributed by atoms with van der Waals surface area (Å²) < 4.78 is 0. The second-order valence-corrected chi connectivity index (χ2v) is 6.07. The van der Waals surface area contributed by atoms with Crippen LogP contribution in [0.3, 0.4) is 0 Å². The maximum absolute atomic E-state index is 2.43. The van der Waals surface area contributed by atoms with Crippen LogP contribution in [0.4, 0.5) is 0 Å². The van der Waals surface area contributed by atoms with Crippen LogP contribution in [-0.4, -0.2) is 5.25 Å². The summed E-state index contributed by atoms with van der Waals surface area (Å²) in [6, 6.07) is 8.89. The molecule has 1 aromatic rings. The quantitative estimate of drug-likeness (QED) is 0.672. The SMILES string of the molecule is Cc1cccc(S[C@H]2C[C@H]3C=C[C@@H]2C3)c1. The number of thioether (sulfide) groups is 1. The van der Waals surface area contributed by atoms with Crippen molar-refractivity contribution in [2.75, 3.05) is 0 Å². The van der Waals surface area contributed by atoms with Gasteiger partial charge in [0.05, 0.1) is 0 Å². The van der Waals surface area contributed by atoms with Gasteiger partial charge in [-0.1, -0.05) is 29.8 Å². The lowest BCUT2D eigenvalue weighted by Gasteiger charge is -2.17. The second kappa shape index (κ2) is 3.71. The van der Waals surface area contributed by atoms with E-state index in [2.05, 4.69) is 55.1 Å². The Morgan fingerprint density at radius 1 is 1.20 bits per heavy atom. The molecule has 0 unspecified atom stereocenters. The Labute approximate surface area is 95.8 Å². The van der Waals surface area contributed by atoms with Crippen molar-refractivity contribution in [1.29, 1.82) is 0 Å². The lowest BCUT2D eigenvalue weighted by Crippen LogP contribution is -2.08. The molecule has 15 heavy (non-hydrogen) atoms. The Morgan fingerprint density at radius 3 is 2.80 bits per heavy atom. The Kier molecular flexibility index (Phi) is 2.36. The Balaban J connectivity index is 1.73. The van der Waals surface area contributed by atoms with E-state index in [9.17, 15) is 0 Å². The number of benzene rings is 1. The first kappa shape index (κ1) is 9.53. The van der Waals surface area contributed by atoms with Crippen molar-refractivity contribution in [3.05, 3.63) is 42.0 Å². The predicted octanol–water partition coefficient (Wildman–Crippen LogP) is 4.05. The minimum atomic E-state index is 0.835. The van der Waals surface area contributed by atoms with Gasteiger partial charge in [-0.05, 0) is 43.7 Å². The van der Waals surface area contributed by atoms with Crippen LogP contribution >= 0.6 is 11.8 Å². The minimum Gasteiger partial charge on any atom is -0.122 e. The summed E-state index contributed by atoms with van der Waals surface area (Å²) in [6.45, 7) is 2.17. The van der Waals surface area contributed by atoms with Gasteiger partial charge in [0, 0.05) is 10.1 Å². The summed E-state index contributed by atoms with van der Waals surface area (Å²) in [7, 11) is 0. The van der Waals surface area contributed by atoms with Gasteiger partial charge < -0.3 is 0 Å². The van der Waals surface area contributed by atoms with Crippen LogP contribution < -0.4 is 0 Å². The van der Waals surface area contributed by atoms with Gasteiger partial charge in [0.1, 0.15) is 0 Å². The van der Waals surface area contributed by atoms with Gasteiger partial charge in [0.25, 0.3) is 0 Å². The number of aryl methyl sites for hydroxylation is 1. The zero-order chi connectivity index (χ0) is 10.3. The molecule has 2 bridgehead atoms. The van der Waals surface area contributed by atoms with Crippen molar-refractivity contribution in [1.82, 2.24) is 0 Å². The lowest BCUT2D eigenvalue weighted by atomic mass is 10.1. The molecule has 1 saturated carbocycles. The molecule has 0 radical (unpaired) electrons. The molecule has 0 aromatic heterocycles. The Hall–Kier alpha value is -0.690. The summed E-state index contributed by atoms with van der Waals surface area (Å²) in [4.78, 5) is 1.45. The summed E-state index contributed by atoms with van der Waals surface area (Å²) in [6.07, 6.45) is 7.64. The first-order valence-electron chi connectivity index (χ1n) is 5.73. The van der Waals surface area contributed by atoms with Crippen LogP contribution in [0.15, 0.2) is 41.3 Å². The zero-order valence-corrected chi connectivity index (χ0v) is 9.84. The highest BCUT2D eigenvalue weighted by Crippen LogP contribution is 2.47. The summed E-state index contributed by atoms with van der Waals surface area (Å²) >= 11 is 2.08. The molecule has 1 fully saturated rings. The van der Waals surface area contributed by atoms with Crippen molar-refractivity contribution in [3.63, 3.8) is 0 Å². The molecule has 0 amide bonds. The van der Waals surface area contributed by atoms with Gasteiger partial charge in [0.2, 0.25) is 0 Å². The maximum Gasteiger partial charge on any atom is 0.0163 e. The van der Waals surface area contributed by atoms with Crippen LogP contribution in [0.5, 0.6) is 0 Å². The molecule has 2 aliphatic rings. The highest BCUT2D eigenvalue weighted by molar-refractivity contribution is 8.00. The third kappa shape index (κ3) is 1.85. The number of hydrogen-bond acceptors (Lipinski definition) is 1. The first-order chi connectivity index (χ1) is 7.31. The third-order valence-electron chi connectivity index (χ3n) is 3.49. The number of rotatable bonds is 2. The number of hydrogen-bond donors (Lipinski definition) is 0. The molecule has 2 aliphatic carbocycles. The van der Waals surface area contributed by atoms with Crippen LogP contribution in [0, 0.1) is 18.8 Å². The highest BCUT2D eigenvalue weighted by atomic mass is 32.2. The smallest absolute Gasteiger partial charge is 0.0163 e. The topological polar surface area (TPSA) is 0 Å². The van der Waals surface area contributed by atoms with E-state index in [4.69, 9.17) is 0 Å². The third-order valence-corrected chi connectivity index (χ3v) is 4.87. The van der Waals surface area contributed by atoms with Crippen molar-refractivity contribution in [2.24, 2.45) is 11.8 Å². The van der Waals surface area contributed by atoms with Crippen LogP contribution in [0.25, 0.3) is 0 Å². The molecule has 0 nitrogen and oxygen atoms in total. The molecule has 0 spiro atoms. The zero-order valence-electron chi connectivity index (χ0n) is 9.02. The molecule has 0 aliphatic heterocycles. The van der Waals surface area contributed by atoms with Crippen molar-refractivity contribution in [3.8, 4) is 0 Å². The van der Waals surface area contributed by atoms with Crippen LogP contribution in [0.2, 0.25) is 0 Å². The number of allylic oxidation sites excluding steroid dienone is 2. The predicted molar refractivity (Wildman–Crippen MR) is 66.2 cm³/mol. The summed E-state index contributed by atoms with van der Waals surface area (Å²) in [5.74, 6) is 1.73. The van der Waals surface area contributed by atoms with Crippen molar-refractivity contribution in [2.45, 2.75) is 29.9 Å². The normalized spacial score (nSPS) is 32.5. The summed E-state index contributed by atoms with van der Waals surface area (Å²) in [5, 5.41) is 0.835. The van der Waals surface area contributed by atoms with E-state index in [-0.39, 0.29) is 0 Å². The molecule has 1 aromatic carbocycles. The standard InChI is InChI=1S/C14H16S/c1-10-3-2-4-13(7-10)15-14-9-11-5-6-12(14)8-11/h2-7,11-12,14H,8-9H2,1H3/t11-,12+,14-/m0/s1. The molecule has 0 heterocycles. The molecule has 0 saturated heterocycles. The highest BCUT2D eigenvalue weighted by Gasteiger charge is 2.35. The average Bonchev–Trinajstić information content (AvgIpc) is 2.79. The molecule has 78 valence electrons. The van der Waals surface area contributed by atoms with Crippen molar-refractivity contribution < 1.29 is 0 Å². The second-order valence-electron chi connectivity index (χ2n) is 4.75. The van der Waals surface area contributed by atoms with E-state index in [1.165, 1.54) is 23.3 Å². The maximum atomic E-state index is 2.43. The first-order valence-corrected chi connectivity index (χ1v) is 6.61. The lowest BCUT2D eigenvalue weighted by molar-refractivity contribution is 0.692. The molecule has 3 atom stereocenters. The van der Waals surface area contributed by atoms with Gasteiger partial charge in [-0.3, -0.25) is 0 Å². The van der Waals surface area contributed by atoms with Crippen LogP contribution in [-0.2, 0) is 0 Å². The van der Waals surface area contributed by atoms with E-state index in [0.717, 1.165) is 17.1 Å². The van der Waals surface area contributed by atoms with E-state index in [0.29, 0.717) is 0 Å².